The molecule has 3 nitrogen and oxygen atoms in total. The Hall–Kier alpha value is -1.36. The van der Waals surface area contributed by atoms with Crippen LogP contribution in [0.15, 0.2) is 42.7 Å². The van der Waals surface area contributed by atoms with Gasteiger partial charge in [-0.1, -0.05) is 29.3 Å². The van der Waals surface area contributed by atoms with Crippen LogP contribution in [0.5, 0.6) is 0 Å². The van der Waals surface area contributed by atoms with Gasteiger partial charge >= 0.3 is 0 Å². The van der Waals surface area contributed by atoms with Crippen molar-refractivity contribution >= 4 is 46.2 Å². The maximum atomic E-state index is 6.20. The van der Waals surface area contributed by atoms with E-state index in [4.69, 9.17) is 35.4 Å². The molecule has 0 bridgehead atoms. The predicted molar refractivity (Wildman–Crippen MR) is 95.6 cm³/mol. The molecule has 1 fully saturated rings. The van der Waals surface area contributed by atoms with Crippen LogP contribution in [0.1, 0.15) is 24.4 Å². The molecule has 1 aromatic heterocycles. The van der Waals surface area contributed by atoms with Crippen LogP contribution in [0.4, 0.5) is 5.69 Å². The highest BCUT2D eigenvalue weighted by molar-refractivity contribution is 7.80. The van der Waals surface area contributed by atoms with Gasteiger partial charge in [0.15, 0.2) is 5.11 Å². The van der Waals surface area contributed by atoms with E-state index < -0.39 is 0 Å². The standard InChI is InChI=1S/C16H15Cl2N3S/c17-12-5-6-14(13(18)9-12)20-16(22)21-8-2-4-15(21)11-3-1-7-19-10-11/h1,3,5-7,9-10,15H,2,4,8H2,(H,20,22)/t15-/m0/s1. The average Bonchev–Trinajstić information content (AvgIpc) is 3.00. The molecule has 1 N–H and O–H groups in total. The molecule has 1 aliphatic heterocycles. The summed E-state index contributed by atoms with van der Waals surface area (Å²) >= 11 is 17.7. The largest absolute Gasteiger partial charge is 0.342 e. The van der Waals surface area contributed by atoms with Gasteiger partial charge in [0.05, 0.1) is 16.8 Å². The van der Waals surface area contributed by atoms with Gasteiger partial charge in [0.2, 0.25) is 0 Å². The maximum absolute atomic E-state index is 6.20. The molecule has 0 spiro atoms. The fraction of sp³-hybridized carbons (Fsp3) is 0.250. The Labute approximate surface area is 145 Å². The van der Waals surface area contributed by atoms with E-state index in [2.05, 4.69) is 21.3 Å². The summed E-state index contributed by atoms with van der Waals surface area (Å²) in [5, 5.41) is 5.07. The average molecular weight is 352 g/mol. The summed E-state index contributed by atoms with van der Waals surface area (Å²) in [5.41, 5.74) is 1.96. The lowest BCUT2D eigenvalue weighted by molar-refractivity contribution is 0.405. The van der Waals surface area contributed by atoms with Crippen molar-refractivity contribution in [2.24, 2.45) is 0 Å². The van der Waals surface area contributed by atoms with Crippen LogP contribution in [0.25, 0.3) is 0 Å². The Balaban J connectivity index is 1.76. The zero-order valence-corrected chi connectivity index (χ0v) is 14.1. The van der Waals surface area contributed by atoms with E-state index in [1.54, 1.807) is 18.3 Å². The lowest BCUT2D eigenvalue weighted by atomic mass is 10.1. The van der Waals surface area contributed by atoms with E-state index in [9.17, 15) is 0 Å². The molecule has 2 heterocycles. The van der Waals surface area contributed by atoms with Crippen molar-refractivity contribution < 1.29 is 0 Å². The van der Waals surface area contributed by atoms with Crippen molar-refractivity contribution in [3.63, 3.8) is 0 Å². The first-order valence-electron chi connectivity index (χ1n) is 7.08. The Morgan fingerprint density at radius 1 is 1.32 bits per heavy atom. The molecule has 0 amide bonds. The lowest BCUT2D eigenvalue weighted by Crippen LogP contribution is -2.34. The first-order chi connectivity index (χ1) is 10.6. The minimum atomic E-state index is 0.264. The number of aromatic nitrogens is 1. The molecule has 0 radical (unpaired) electrons. The molecule has 2 aromatic rings. The Morgan fingerprint density at radius 3 is 2.91 bits per heavy atom. The highest BCUT2D eigenvalue weighted by atomic mass is 35.5. The van der Waals surface area contributed by atoms with Crippen LogP contribution < -0.4 is 5.32 Å². The van der Waals surface area contributed by atoms with Crippen molar-refractivity contribution in [3.05, 3.63) is 58.3 Å². The second-order valence-electron chi connectivity index (χ2n) is 5.19. The van der Waals surface area contributed by atoms with Gasteiger partial charge in [-0.05, 0) is 54.9 Å². The zero-order valence-electron chi connectivity index (χ0n) is 11.8. The van der Waals surface area contributed by atoms with Gasteiger partial charge in [-0.3, -0.25) is 4.98 Å². The van der Waals surface area contributed by atoms with E-state index in [0.717, 1.165) is 25.1 Å². The van der Waals surface area contributed by atoms with Gasteiger partial charge in [0, 0.05) is 24.0 Å². The number of anilines is 1. The number of halogens is 2. The lowest BCUT2D eigenvalue weighted by Gasteiger charge is -2.28. The third-order valence-electron chi connectivity index (χ3n) is 3.76. The van der Waals surface area contributed by atoms with Gasteiger partial charge in [0.1, 0.15) is 0 Å². The summed E-state index contributed by atoms with van der Waals surface area (Å²) in [5.74, 6) is 0. The van der Waals surface area contributed by atoms with Crippen molar-refractivity contribution in [3.8, 4) is 0 Å². The van der Waals surface area contributed by atoms with Gasteiger partial charge in [-0.2, -0.15) is 0 Å². The molecule has 0 unspecified atom stereocenters. The highest BCUT2D eigenvalue weighted by Crippen LogP contribution is 2.33. The van der Waals surface area contributed by atoms with Gasteiger partial charge in [-0.15, -0.1) is 0 Å². The van der Waals surface area contributed by atoms with Crippen molar-refractivity contribution in [1.82, 2.24) is 9.88 Å². The summed E-state index contributed by atoms with van der Waals surface area (Å²) in [7, 11) is 0. The number of hydrogen-bond donors (Lipinski definition) is 1. The van der Waals surface area contributed by atoms with E-state index in [0.29, 0.717) is 15.2 Å². The molecule has 114 valence electrons. The molecule has 0 aliphatic carbocycles. The SMILES string of the molecule is S=C(Nc1ccc(Cl)cc1Cl)N1CCC[C@H]1c1cccnc1. The third kappa shape index (κ3) is 3.35. The van der Waals surface area contributed by atoms with Crippen LogP contribution in [0, 0.1) is 0 Å². The quantitative estimate of drug-likeness (QED) is 0.777. The van der Waals surface area contributed by atoms with Crippen LogP contribution >= 0.6 is 35.4 Å². The van der Waals surface area contributed by atoms with Crippen molar-refractivity contribution in [2.45, 2.75) is 18.9 Å². The highest BCUT2D eigenvalue weighted by Gasteiger charge is 2.28. The normalized spacial score (nSPS) is 17.5. The molecule has 1 atom stereocenters. The van der Waals surface area contributed by atoms with Crippen molar-refractivity contribution in [1.29, 1.82) is 0 Å². The molecular formula is C16H15Cl2N3S. The number of likely N-dealkylation sites (tertiary alicyclic amines) is 1. The van der Waals surface area contributed by atoms with Gasteiger partial charge in [0.25, 0.3) is 0 Å². The second-order valence-corrected chi connectivity index (χ2v) is 6.42. The molecule has 1 saturated heterocycles. The van der Waals surface area contributed by atoms with Gasteiger partial charge < -0.3 is 10.2 Å². The Morgan fingerprint density at radius 2 is 2.18 bits per heavy atom. The number of hydrogen-bond acceptors (Lipinski definition) is 2. The minimum Gasteiger partial charge on any atom is -0.342 e. The number of rotatable bonds is 2. The van der Waals surface area contributed by atoms with Crippen molar-refractivity contribution in [2.75, 3.05) is 11.9 Å². The summed E-state index contributed by atoms with van der Waals surface area (Å²) < 4.78 is 0. The first kappa shape index (κ1) is 15.5. The minimum absolute atomic E-state index is 0.264. The Kier molecular flexibility index (Phi) is 4.81. The molecule has 6 heteroatoms. The molecule has 1 aromatic carbocycles. The number of pyridine rings is 1. The van der Waals surface area contributed by atoms with E-state index in [1.165, 1.54) is 5.56 Å². The molecule has 22 heavy (non-hydrogen) atoms. The van der Waals surface area contributed by atoms with E-state index >= 15 is 0 Å². The zero-order chi connectivity index (χ0) is 15.5. The predicted octanol–water partition coefficient (Wildman–Crippen LogP) is 4.92. The Bertz CT molecular complexity index is 678. The van der Waals surface area contributed by atoms with Crippen LogP contribution in [0.2, 0.25) is 10.0 Å². The monoisotopic (exact) mass is 351 g/mol. The fourth-order valence-electron chi connectivity index (χ4n) is 2.71. The number of nitrogens with zero attached hydrogens (tertiary/aromatic N) is 2. The van der Waals surface area contributed by atoms with Crippen LogP contribution in [-0.2, 0) is 0 Å². The fourth-order valence-corrected chi connectivity index (χ4v) is 3.49. The summed E-state index contributed by atoms with van der Waals surface area (Å²) in [6, 6.07) is 9.65. The molecule has 1 aliphatic rings. The number of thiocarbonyl (C=S) groups is 1. The van der Waals surface area contributed by atoms with Gasteiger partial charge in [-0.25, -0.2) is 0 Å². The van der Waals surface area contributed by atoms with E-state index in [1.807, 2.05) is 18.3 Å². The summed E-state index contributed by atoms with van der Waals surface area (Å²) in [4.78, 5) is 6.40. The van der Waals surface area contributed by atoms with E-state index in [-0.39, 0.29) is 6.04 Å². The first-order valence-corrected chi connectivity index (χ1v) is 8.24. The third-order valence-corrected chi connectivity index (χ3v) is 4.64. The number of benzene rings is 1. The second kappa shape index (κ2) is 6.82. The maximum Gasteiger partial charge on any atom is 0.173 e. The number of nitrogens with one attached hydrogen (secondary N) is 1. The molecular weight excluding hydrogens is 337 g/mol. The molecule has 0 saturated carbocycles. The topological polar surface area (TPSA) is 28.2 Å². The van der Waals surface area contributed by atoms with Crippen LogP contribution in [-0.4, -0.2) is 21.5 Å². The summed E-state index contributed by atoms with van der Waals surface area (Å²) in [6.45, 7) is 0.927. The smallest absolute Gasteiger partial charge is 0.173 e. The summed E-state index contributed by atoms with van der Waals surface area (Å²) in [6.07, 6.45) is 5.87. The molecule has 3 rings (SSSR count). The van der Waals surface area contributed by atoms with Crippen LogP contribution in [0.3, 0.4) is 0 Å².